The van der Waals surface area contributed by atoms with E-state index in [1.165, 1.54) is 11.4 Å². The molecule has 4 nitrogen and oxygen atoms in total. The van der Waals surface area contributed by atoms with Crippen molar-refractivity contribution in [1.29, 1.82) is 0 Å². The molecule has 2 aromatic rings. The zero-order valence-corrected chi connectivity index (χ0v) is 13.4. The van der Waals surface area contributed by atoms with E-state index < -0.39 is 0 Å². The number of rotatable bonds is 3. The Kier molecular flexibility index (Phi) is 3.68. The maximum Gasteiger partial charge on any atom is 0.170 e. The minimum atomic E-state index is 0.0895. The second-order valence-corrected chi connectivity index (χ2v) is 5.76. The highest BCUT2D eigenvalue weighted by Crippen LogP contribution is 2.38. The third kappa shape index (κ3) is 2.31. The Labute approximate surface area is 130 Å². The summed E-state index contributed by atoms with van der Waals surface area (Å²) in [5.74, 6) is 0. The van der Waals surface area contributed by atoms with Crippen LogP contribution in [0.4, 0.5) is 0 Å². The molecular weight excluding hydrogens is 280 g/mol. The lowest BCUT2D eigenvalue weighted by molar-refractivity contribution is 0.317. The summed E-state index contributed by atoms with van der Waals surface area (Å²) in [5.41, 5.74) is 3.54. The molecule has 3 heterocycles. The summed E-state index contributed by atoms with van der Waals surface area (Å²) in [4.78, 5) is 6.76. The van der Waals surface area contributed by atoms with Gasteiger partial charge in [-0.1, -0.05) is 6.07 Å². The molecule has 0 spiro atoms. The van der Waals surface area contributed by atoms with Crippen LogP contribution >= 0.6 is 12.2 Å². The molecule has 1 saturated heterocycles. The van der Waals surface area contributed by atoms with Gasteiger partial charge in [-0.25, -0.2) is 0 Å². The summed E-state index contributed by atoms with van der Waals surface area (Å²) >= 11 is 5.52. The molecule has 1 N–H and O–H groups in total. The second kappa shape index (κ2) is 5.48. The van der Waals surface area contributed by atoms with E-state index in [-0.39, 0.29) is 12.1 Å². The minimum Gasteiger partial charge on any atom is -0.352 e. The van der Waals surface area contributed by atoms with Crippen LogP contribution in [0, 0.1) is 6.92 Å². The number of pyridine rings is 1. The van der Waals surface area contributed by atoms with Gasteiger partial charge in [0.25, 0.3) is 0 Å². The molecule has 1 aliphatic heterocycles. The van der Waals surface area contributed by atoms with Gasteiger partial charge in [-0.3, -0.25) is 4.98 Å². The van der Waals surface area contributed by atoms with Crippen LogP contribution < -0.4 is 5.32 Å². The van der Waals surface area contributed by atoms with Crippen LogP contribution in [-0.4, -0.2) is 26.1 Å². The van der Waals surface area contributed by atoms with E-state index in [4.69, 9.17) is 12.2 Å². The SMILES string of the molecule is CCN1C(=S)NC(c2ccccn2)C1c1ccc(C)n1C. The molecule has 2 aromatic heterocycles. The summed E-state index contributed by atoms with van der Waals surface area (Å²) in [5, 5.41) is 4.24. The molecule has 5 heteroatoms. The molecule has 0 aromatic carbocycles. The van der Waals surface area contributed by atoms with E-state index in [1.54, 1.807) is 0 Å². The lowest BCUT2D eigenvalue weighted by Crippen LogP contribution is -2.30. The molecule has 21 heavy (non-hydrogen) atoms. The fraction of sp³-hybridized carbons (Fsp3) is 0.375. The normalized spacial score (nSPS) is 21.7. The predicted octanol–water partition coefficient (Wildman–Crippen LogP) is 2.72. The summed E-state index contributed by atoms with van der Waals surface area (Å²) < 4.78 is 2.24. The van der Waals surface area contributed by atoms with Gasteiger partial charge in [-0.2, -0.15) is 0 Å². The van der Waals surface area contributed by atoms with Gasteiger partial charge in [0.1, 0.15) is 0 Å². The summed E-state index contributed by atoms with van der Waals surface area (Å²) in [6.45, 7) is 5.14. The van der Waals surface area contributed by atoms with E-state index in [9.17, 15) is 0 Å². The van der Waals surface area contributed by atoms with Crippen molar-refractivity contribution in [1.82, 2.24) is 19.8 Å². The van der Waals surface area contributed by atoms with Gasteiger partial charge in [-0.15, -0.1) is 0 Å². The smallest absolute Gasteiger partial charge is 0.170 e. The first kappa shape index (κ1) is 14.1. The molecule has 0 saturated carbocycles. The van der Waals surface area contributed by atoms with E-state index in [0.29, 0.717) is 0 Å². The highest BCUT2D eigenvalue weighted by molar-refractivity contribution is 7.80. The zero-order chi connectivity index (χ0) is 15.0. The quantitative estimate of drug-likeness (QED) is 0.884. The Bertz CT molecular complexity index is 650. The Balaban J connectivity index is 2.07. The maximum absolute atomic E-state index is 5.52. The summed E-state index contributed by atoms with van der Waals surface area (Å²) in [6, 6.07) is 10.6. The maximum atomic E-state index is 5.52. The van der Waals surface area contributed by atoms with Crippen molar-refractivity contribution in [3.05, 3.63) is 53.6 Å². The fourth-order valence-electron chi connectivity index (χ4n) is 3.00. The molecule has 0 bridgehead atoms. The van der Waals surface area contributed by atoms with E-state index in [1.807, 2.05) is 18.3 Å². The van der Waals surface area contributed by atoms with Gasteiger partial charge >= 0.3 is 0 Å². The number of hydrogen-bond acceptors (Lipinski definition) is 2. The Hall–Kier alpha value is -1.88. The van der Waals surface area contributed by atoms with Gasteiger partial charge in [0.15, 0.2) is 5.11 Å². The average molecular weight is 300 g/mol. The molecule has 0 amide bonds. The minimum absolute atomic E-state index is 0.0895. The molecule has 110 valence electrons. The predicted molar refractivity (Wildman–Crippen MR) is 88.0 cm³/mol. The van der Waals surface area contributed by atoms with Crippen LogP contribution in [0.15, 0.2) is 36.5 Å². The van der Waals surface area contributed by atoms with Gasteiger partial charge in [-0.05, 0) is 50.3 Å². The first-order valence-corrected chi connectivity index (χ1v) is 7.64. The van der Waals surface area contributed by atoms with Crippen molar-refractivity contribution in [3.63, 3.8) is 0 Å². The van der Waals surface area contributed by atoms with Gasteiger partial charge in [0, 0.05) is 31.2 Å². The Morgan fingerprint density at radius 3 is 2.67 bits per heavy atom. The molecular formula is C16H20N4S. The molecule has 0 aliphatic carbocycles. The zero-order valence-electron chi connectivity index (χ0n) is 12.6. The third-order valence-electron chi connectivity index (χ3n) is 4.25. The summed E-state index contributed by atoms with van der Waals surface area (Å²) in [6.07, 6.45) is 1.84. The van der Waals surface area contributed by atoms with Crippen molar-refractivity contribution < 1.29 is 0 Å². The number of nitrogens with zero attached hydrogens (tertiary/aromatic N) is 3. The molecule has 0 radical (unpaired) electrons. The number of likely N-dealkylation sites (N-methyl/N-ethyl adjacent to an activating group) is 1. The van der Waals surface area contributed by atoms with Crippen molar-refractivity contribution in [3.8, 4) is 0 Å². The second-order valence-electron chi connectivity index (χ2n) is 5.37. The van der Waals surface area contributed by atoms with E-state index >= 15 is 0 Å². The van der Waals surface area contributed by atoms with Crippen LogP contribution in [-0.2, 0) is 7.05 Å². The molecule has 2 unspecified atom stereocenters. The lowest BCUT2D eigenvalue weighted by atomic mass is 10.0. The number of thiocarbonyl (C=S) groups is 1. The molecule has 3 rings (SSSR count). The van der Waals surface area contributed by atoms with Gasteiger partial charge < -0.3 is 14.8 Å². The molecule has 1 fully saturated rings. The monoisotopic (exact) mass is 300 g/mol. The van der Waals surface area contributed by atoms with Crippen molar-refractivity contribution in [2.75, 3.05) is 6.54 Å². The van der Waals surface area contributed by atoms with Gasteiger partial charge in [0.2, 0.25) is 0 Å². The Morgan fingerprint density at radius 1 is 1.29 bits per heavy atom. The van der Waals surface area contributed by atoms with Crippen molar-refractivity contribution >= 4 is 17.3 Å². The van der Waals surface area contributed by atoms with Crippen LogP contribution in [0.1, 0.15) is 36.1 Å². The first-order chi connectivity index (χ1) is 10.1. The average Bonchev–Trinajstić information content (AvgIpc) is 3.00. The van der Waals surface area contributed by atoms with Crippen molar-refractivity contribution in [2.45, 2.75) is 25.9 Å². The van der Waals surface area contributed by atoms with Crippen LogP contribution in [0.2, 0.25) is 0 Å². The highest BCUT2D eigenvalue weighted by atomic mass is 32.1. The topological polar surface area (TPSA) is 33.1 Å². The first-order valence-electron chi connectivity index (χ1n) is 7.23. The fourth-order valence-corrected chi connectivity index (χ4v) is 3.37. The van der Waals surface area contributed by atoms with Crippen molar-refractivity contribution in [2.24, 2.45) is 7.05 Å². The lowest BCUT2D eigenvalue weighted by Gasteiger charge is -2.27. The number of hydrogen-bond donors (Lipinski definition) is 1. The highest BCUT2D eigenvalue weighted by Gasteiger charge is 2.40. The van der Waals surface area contributed by atoms with E-state index in [0.717, 1.165) is 17.4 Å². The largest absolute Gasteiger partial charge is 0.352 e. The number of aromatic nitrogens is 2. The van der Waals surface area contributed by atoms with E-state index in [2.05, 4.69) is 58.9 Å². The van der Waals surface area contributed by atoms with Gasteiger partial charge in [0.05, 0.1) is 17.8 Å². The van der Waals surface area contributed by atoms with Crippen LogP contribution in [0.5, 0.6) is 0 Å². The van der Waals surface area contributed by atoms with Crippen LogP contribution in [0.3, 0.4) is 0 Å². The number of aryl methyl sites for hydroxylation is 1. The Morgan fingerprint density at radius 2 is 2.10 bits per heavy atom. The molecule has 2 atom stereocenters. The third-order valence-corrected chi connectivity index (χ3v) is 4.61. The molecule has 1 aliphatic rings. The van der Waals surface area contributed by atoms with Crippen LogP contribution in [0.25, 0.3) is 0 Å². The standard InChI is InChI=1S/C16H20N4S/c1-4-20-15(13-9-8-11(2)19(13)3)14(18-16(20)21)12-7-5-6-10-17-12/h5-10,14-15H,4H2,1-3H3,(H,18,21). The summed E-state index contributed by atoms with van der Waals surface area (Å²) in [7, 11) is 2.11. The number of nitrogens with one attached hydrogen (secondary N) is 1.